The fourth-order valence-corrected chi connectivity index (χ4v) is 2.67. The van der Waals surface area contributed by atoms with Crippen LogP contribution in [0.25, 0.3) is 11.1 Å². The Morgan fingerprint density at radius 2 is 1.52 bits per heavy atom. The quantitative estimate of drug-likeness (QED) is 0.660. The molecule has 0 amide bonds. The van der Waals surface area contributed by atoms with Crippen LogP contribution in [-0.2, 0) is 4.79 Å². The predicted molar refractivity (Wildman–Crippen MR) is 87.9 cm³/mol. The Labute approximate surface area is 128 Å². The molecule has 2 aromatic rings. The highest BCUT2D eigenvalue weighted by Gasteiger charge is 2.28. The Balaban J connectivity index is 2.16. The normalized spacial score (nSPS) is 14.9. The first-order chi connectivity index (χ1) is 10.1. The summed E-state index contributed by atoms with van der Waals surface area (Å²) < 4.78 is 0. The van der Waals surface area contributed by atoms with Crippen LogP contribution in [-0.4, -0.2) is 5.78 Å². The van der Waals surface area contributed by atoms with E-state index in [9.17, 15) is 4.79 Å². The van der Waals surface area contributed by atoms with Gasteiger partial charge in [0.1, 0.15) is 0 Å². The maximum Gasteiger partial charge on any atom is 0.189 e. The number of hydrogen-bond acceptors (Lipinski definition) is 2. The Hall–Kier alpha value is -2.32. The topological polar surface area (TPSA) is 43.1 Å². The van der Waals surface area contributed by atoms with Crippen molar-refractivity contribution in [1.82, 2.24) is 0 Å². The molecule has 0 aliphatic heterocycles. The number of nitrogens with two attached hydrogens (primary N) is 1. The van der Waals surface area contributed by atoms with Crippen molar-refractivity contribution in [3.63, 3.8) is 0 Å². The van der Waals surface area contributed by atoms with Crippen LogP contribution in [0.2, 0.25) is 5.02 Å². The number of carbonyl (C=O) groups is 1. The molecule has 0 radical (unpaired) electrons. The van der Waals surface area contributed by atoms with Crippen LogP contribution < -0.4 is 5.73 Å². The number of nitrogen functional groups attached to an aromatic ring is 1. The third-order valence-corrected chi connectivity index (χ3v) is 3.88. The number of anilines is 1. The van der Waals surface area contributed by atoms with Crippen LogP contribution in [0.15, 0.2) is 60.7 Å². The van der Waals surface area contributed by atoms with Gasteiger partial charge in [-0.25, -0.2) is 0 Å². The highest BCUT2D eigenvalue weighted by atomic mass is 35.5. The van der Waals surface area contributed by atoms with Gasteiger partial charge < -0.3 is 5.73 Å². The van der Waals surface area contributed by atoms with Crippen molar-refractivity contribution in [3.8, 4) is 0 Å². The van der Waals surface area contributed by atoms with E-state index in [1.54, 1.807) is 12.1 Å². The first kappa shape index (κ1) is 13.7. The molecule has 0 saturated heterocycles. The van der Waals surface area contributed by atoms with Crippen LogP contribution in [0.5, 0.6) is 0 Å². The molecule has 0 saturated carbocycles. The largest absolute Gasteiger partial charge is 0.399 e. The number of ketones is 1. The third kappa shape index (κ3) is 2.50. The minimum absolute atomic E-state index is 0.00437. The van der Waals surface area contributed by atoms with Crippen molar-refractivity contribution < 1.29 is 4.79 Å². The molecule has 0 aromatic heterocycles. The predicted octanol–water partition coefficient (Wildman–Crippen LogP) is 4.36. The van der Waals surface area contributed by atoms with Crippen molar-refractivity contribution >= 4 is 34.2 Å². The molecule has 0 fully saturated rings. The second-order valence-corrected chi connectivity index (χ2v) is 5.53. The summed E-state index contributed by atoms with van der Waals surface area (Å²) in [6, 6.07) is 14.9. The standard InChI is InChI=1S/C18H14ClNO/c1-11-10-16(12-2-6-14(19)7-3-12)17(18(11)21)13-4-8-15(20)9-5-13/h2-9H,1,10,20H2. The van der Waals surface area contributed by atoms with Gasteiger partial charge in [0, 0.05) is 22.7 Å². The minimum Gasteiger partial charge on any atom is -0.399 e. The summed E-state index contributed by atoms with van der Waals surface area (Å²) in [5.41, 5.74) is 10.6. The summed E-state index contributed by atoms with van der Waals surface area (Å²) >= 11 is 5.93. The second kappa shape index (κ2) is 5.23. The summed E-state index contributed by atoms with van der Waals surface area (Å²) in [7, 11) is 0. The van der Waals surface area contributed by atoms with E-state index < -0.39 is 0 Å². The Bertz CT molecular complexity index is 755. The fourth-order valence-electron chi connectivity index (χ4n) is 2.55. The van der Waals surface area contributed by atoms with Crippen molar-refractivity contribution in [2.75, 3.05) is 5.73 Å². The van der Waals surface area contributed by atoms with Crippen LogP contribution in [0.3, 0.4) is 0 Å². The van der Waals surface area contributed by atoms with Crippen LogP contribution in [0.1, 0.15) is 17.5 Å². The lowest BCUT2D eigenvalue weighted by atomic mass is 9.96. The number of hydrogen-bond donors (Lipinski definition) is 1. The SMILES string of the molecule is C=C1CC(c2ccc(Cl)cc2)=C(c2ccc(N)cc2)C1=O. The number of allylic oxidation sites excluding steroid dienone is 3. The lowest BCUT2D eigenvalue weighted by Gasteiger charge is -2.07. The van der Waals surface area contributed by atoms with E-state index in [1.165, 1.54) is 0 Å². The van der Waals surface area contributed by atoms with Gasteiger partial charge in [0.25, 0.3) is 0 Å². The van der Waals surface area contributed by atoms with Crippen molar-refractivity contribution in [2.45, 2.75) is 6.42 Å². The first-order valence-corrected chi connectivity index (χ1v) is 7.01. The monoisotopic (exact) mass is 295 g/mol. The minimum atomic E-state index is 0.00437. The fraction of sp³-hybridized carbons (Fsp3) is 0.0556. The zero-order chi connectivity index (χ0) is 15.0. The highest BCUT2D eigenvalue weighted by molar-refractivity contribution is 6.38. The molecule has 3 heteroatoms. The summed E-state index contributed by atoms with van der Waals surface area (Å²) in [5.74, 6) is 0.00437. The summed E-state index contributed by atoms with van der Waals surface area (Å²) in [6.45, 7) is 3.88. The average molecular weight is 296 g/mol. The third-order valence-electron chi connectivity index (χ3n) is 3.63. The van der Waals surface area contributed by atoms with Gasteiger partial charge in [0.15, 0.2) is 5.78 Å². The van der Waals surface area contributed by atoms with Crippen LogP contribution in [0, 0.1) is 0 Å². The van der Waals surface area contributed by atoms with Crippen LogP contribution in [0.4, 0.5) is 5.69 Å². The van der Waals surface area contributed by atoms with Gasteiger partial charge >= 0.3 is 0 Å². The van der Waals surface area contributed by atoms with Crippen molar-refractivity contribution in [2.24, 2.45) is 0 Å². The van der Waals surface area contributed by atoms with Gasteiger partial charge in [-0.2, -0.15) is 0 Å². The zero-order valence-electron chi connectivity index (χ0n) is 11.4. The van der Waals surface area contributed by atoms with E-state index in [2.05, 4.69) is 6.58 Å². The summed E-state index contributed by atoms with van der Waals surface area (Å²) in [4.78, 5) is 12.4. The van der Waals surface area contributed by atoms with Crippen molar-refractivity contribution in [3.05, 3.63) is 76.8 Å². The number of halogens is 1. The average Bonchev–Trinajstić information content (AvgIpc) is 2.77. The molecular weight excluding hydrogens is 282 g/mol. The molecule has 0 heterocycles. The molecule has 3 rings (SSSR count). The number of rotatable bonds is 2. The van der Waals surface area contributed by atoms with Gasteiger partial charge in [-0.05, 0) is 46.5 Å². The van der Waals surface area contributed by atoms with Gasteiger partial charge in [-0.1, -0.05) is 42.4 Å². The molecule has 2 nitrogen and oxygen atoms in total. The molecule has 0 bridgehead atoms. The molecule has 104 valence electrons. The molecule has 1 aliphatic rings. The van der Waals surface area contributed by atoms with E-state index in [0.29, 0.717) is 28.3 Å². The molecule has 1 aliphatic carbocycles. The van der Waals surface area contributed by atoms with Gasteiger partial charge in [-0.3, -0.25) is 4.79 Å². The Morgan fingerprint density at radius 1 is 0.952 bits per heavy atom. The molecular formula is C18H14ClNO. The number of Topliss-reactive ketones (excluding diaryl/α,β-unsaturated/α-hetero) is 1. The zero-order valence-corrected chi connectivity index (χ0v) is 12.2. The summed E-state index contributed by atoms with van der Waals surface area (Å²) in [5, 5.41) is 0.677. The van der Waals surface area contributed by atoms with Crippen molar-refractivity contribution in [1.29, 1.82) is 0 Å². The van der Waals surface area contributed by atoms with Gasteiger partial charge in [0.2, 0.25) is 0 Å². The van der Waals surface area contributed by atoms with Gasteiger partial charge in [-0.15, -0.1) is 0 Å². The summed E-state index contributed by atoms with van der Waals surface area (Å²) in [6.07, 6.45) is 0.570. The molecule has 2 aromatic carbocycles. The smallest absolute Gasteiger partial charge is 0.189 e. The Kier molecular flexibility index (Phi) is 3.40. The molecule has 0 unspecified atom stereocenters. The first-order valence-electron chi connectivity index (χ1n) is 6.64. The van der Waals surface area contributed by atoms with Gasteiger partial charge in [0.05, 0.1) is 0 Å². The second-order valence-electron chi connectivity index (χ2n) is 5.09. The maximum absolute atomic E-state index is 12.4. The lowest BCUT2D eigenvalue weighted by Crippen LogP contribution is -1.98. The number of carbonyl (C=O) groups excluding carboxylic acids is 1. The highest BCUT2D eigenvalue weighted by Crippen LogP contribution is 2.40. The number of benzene rings is 2. The molecule has 0 atom stereocenters. The maximum atomic E-state index is 12.4. The van der Waals surface area contributed by atoms with Crippen LogP contribution >= 0.6 is 11.6 Å². The van der Waals surface area contributed by atoms with E-state index in [-0.39, 0.29) is 5.78 Å². The molecule has 0 spiro atoms. The molecule has 21 heavy (non-hydrogen) atoms. The van der Waals surface area contributed by atoms with E-state index >= 15 is 0 Å². The van der Waals surface area contributed by atoms with E-state index in [4.69, 9.17) is 17.3 Å². The molecule has 2 N–H and O–H groups in total. The Morgan fingerprint density at radius 3 is 2.14 bits per heavy atom. The van der Waals surface area contributed by atoms with E-state index in [1.807, 2.05) is 36.4 Å². The van der Waals surface area contributed by atoms with E-state index in [0.717, 1.165) is 16.7 Å². The lowest BCUT2D eigenvalue weighted by molar-refractivity contribution is -0.110.